The van der Waals surface area contributed by atoms with Crippen LogP contribution < -0.4 is 0 Å². The number of hydrogen-bond donors (Lipinski definition) is 4. The average molecular weight is 344 g/mol. The molecule has 0 amide bonds. The SMILES string of the molecule is CC[C@@H]1O[C@H]([C@H](O)/C=C/[C@H](O)CCCCCCCC(=O)O)C[C@@H]1O. The molecule has 1 saturated heterocycles. The minimum absolute atomic E-state index is 0.218. The van der Waals surface area contributed by atoms with Crippen LogP contribution in [0.25, 0.3) is 0 Å². The number of carboxylic acid groups (broad SMARTS) is 1. The molecule has 0 spiro atoms. The zero-order chi connectivity index (χ0) is 17.9. The van der Waals surface area contributed by atoms with Crippen molar-refractivity contribution in [3.8, 4) is 0 Å². The van der Waals surface area contributed by atoms with Crippen molar-refractivity contribution in [2.45, 2.75) is 95.2 Å². The lowest BCUT2D eigenvalue weighted by molar-refractivity contribution is -0.137. The van der Waals surface area contributed by atoms with Crippen molar-refractivity contribution < 1.29 is 30.0 Å². The van der Waals surface area contributed by atoms with Crippen LogP contribution in [0.5, 0.6) is 0 Å². The number of carbonyl (C=O) groups is 1. The number of carboxylic acids is 1. The van der Waals surface area contributed by atoms with E-state index in [1.165, 1.54) is 0 Å². The number of rotatable bonds is 12. The van der Waals surface area contributed by atoms with Gasteiger partial charge in [-0.1, -0.05) is 44.8 Å². The number of unbranched alkanes of at least 4 members (excludes halogenated alkanes) is 4. The average Bonchev–Trinajstić information content (AvgIpc) is 2.92. The molecule has 4 N–H and O–H groups in total. The molecule has 1 heterocycles. The third kappa shape index (κ3) is 8.24. The molecule has 1 rings (SSSR count). The van der Waals surface area contributed by atoms with Crippen molar-refractivity contribution in [3.63, 3.8) is 0 Å². The molecule has 0 aromatic rings. The van der Waals surface area contributed by atoms with Crippen molar-refractivity contribution in [1.82, 2.24) is 0 Å². The molecule has 0 aromatic heterocycles. The summed E-state index contributed by atoms with van der Waals surface area (Å²) in [6, 6.07) is 0. The Bertz CT molecular complexity index is 384. The molecule has 1 aliphatic rings. The highest BCUT2D eigenvalue weighted by Crippen LogP contribution is 2.25. The molecule has 0 aliphatic carbocycles. The van der Waals surface area contributed by atoms with Crippen LogP contribution in [0.3, 0.4) is 0 Å². The van der Waals surface area contributed by atoms with E-state index in [-0.39, 0.29) is 12.5 Å². The predicted molar refractivity (Wildman–Crippen MR) is 90.7 cm³/mol. The van der Waals surface area contributed by atoms with Crippen LogP contribution in [0.15, 0.2) is 12.2 Å². The second-order valence-electron chi connectivity index (χ2n) is 6.57. The van der Waals surface area contributed by atoms with Gasteiger partial charge in [-0.25, -0.2) is 0 Å². The zero-order valence-corrected chi connectivity index (χ0v) is 14.5. The van der Waals surface area contributed by atoms with Crippen LogP contribution in [0.1, 0.15) is 64.7 Å². The minimum Gasteiger partial charge on any atom is -0.481 e. The number of aliphatic hydroxyl groups is 3. The normalized spacial score (nSPS) is 26.8. The Morgan fingerprint density at radius 1 is 1.17 bits per heavy atom. The van der Waals surface area contributed by atoms with E-state index in [1.807, 2.05) is 6.92 Å². The fraction of sp³-hybridized carbons (Fsp3) is 0.833. The van der Waals surface area contributed by atoms with Gasteiger partial charge in [0.25, 0.3) is 0 Å². The van der Waals surface area contributed by atoms with Gasteiger partial charge in [0.15, 0.2) is 0 Å². The summed E-state index contributed by atoms with van der Waals surface area (Å²) >= 11 is 0. The molecule has 1 fully saturated rings. The smallest absolute Gasteiger partial charge is 0.303 e. The van der Waals surface area contributed by atoms with Gasteiger partial charge >= 0.3 is 5.97 Å². The van der Waals surface area contributed by atoms with Gasteiger partial charge in [0.1, 0.15) is 0 Å². The van der Waals surface area contributed by atoms with Gasteiger partial charge < -0.3 is 25.2 Å². The molecule has 1 aliphatic heterocycles. The molecule has 5 atom stereocenters. The van der Waals surface area contributed by atoms with Gasteiger partial charge in [0, 0.05) is 12.8 Å². The number of ether oxygens (including phenoxy) is 1. The minimum atomic E-state index is -0.818. The Kier molecular flexibility index (Phi) is 10.2. The molecule has 6 heteroatoms. The van der Waals surface area contributed by atoms with Crippen molar-refractivity contribution in [2.24, 2.45) is 0 Å². The van der Waals surface area contributed by atoms with E-state index in [4.69, 9.17) is 9.84 Å². The molecule has 24 heavy (non-hydrogen) atoms. The molecule has 140 valence electrons. The first kappa shape index (κ1) is 21.1. The summed E-state index contributed by atoms with van der Waals surface area (Å²) in [4.78, 5) is 10.4. The lowest BCUT2D eigenvalue weighted by atomic mass is 10.0. The second-order valence-corrected chi connectivity index (χ2v) is 6.57. The van der Waals surface area contributed by atoms with Crippen LogP contribution in [0.2, 0.25) is 0 Å². The predicted octanol–water partition coefficient (Wildman–Crippen LogP) is 2.01. The molecule has 0 radical (unpaired) electrons. The quantitative estimate of drug-likeness (QED) is 0.319. The first-order chi connectivity index (χ1) is 11.4. The third-order valence-corrected chi connectivity index (χ3v) is 4.46. The van der Waals surface area contributed by atoms with Crippen molar-refractivity contribution in [3.05, 3.63) is 12.2 Å². The van der Waals surface area contributed by atoms with Crippen molar-refractivity contribution in [2.75, 3.05) is 0 Å². The Morgan fingerprint density at radius 2 is 1.83 bits per heavy atom. The van der Waals surface area contributed by atoms with E-state index in [0.717, 1.165) is 25.7 Å². The first-order valence-corrected chi connectivity index (χ1v) is 9.03. The summed E-state index contributed by atoms with van der Waals surface area (Å²) < 4.78 is 5.60. The maximum Gasteiger partial charge on any atom is 0.303 e. The highest BCUT2D eigenvalue weighted by Gasteiger charge is 2.35. The summed E-state index contributed by atoms with van der Waals surface area (Å²) in [7, 11) is 0. The van der Waals surface area contributed by atoms with Crippen LogP contribution in [0, 0.1) is 0 Å². The Balaban J connectivity index is 2.12. The summed E-state index contributed by atoms with van der Waals surface area (Å²) in [6.45, 7) is 1.93. The van der Waals surface area contributed by atoms with Gasteiger partial charge in [-0.3, -0.25) is 4.79 Å². The summed E-state index contributed by atoms with van der Waals surface area (Å²) in [5.74, 6) is -0.752. The zero-order valence-electron chi connectivity index (χ0n) is 14.5. The second kappa shape index (κ2) is 11.6. The Morgan fingerprint density at radius 3 is 2.46 bits per heavy atom. The fourth-order valence-corrected chi connectivity index (χ4v) is 2.97. The monoisotopic (exact) mass is 344 g/mol. The maximum absolute atomic E-state index is 10.4. The van der Waals surface area contributed by atoms with E-state index in [0.29, 0.717) is 25.7 Å². The highest BCUT2D eigenvalue weighted by molar-refractivity contribution is 5.66. The lowest BCUT2D eigenvalue weighted by Crippen LogP contribution is -2.24. The van der Waals surface area contributed by atoms with Gasteiger partial charge in [0.05, 0.1) is 30.5 Å². The number of aliphatic hydroxyl groups excluding tert-OH is 3. The highest BCUT2D eigenvalue weighted by atomic mass is 16.5. The summed E-state index contributed by atoms with van der Waals surface area (Å²) in [5, 5.41) is 38.3. The maximum atomic E-state index is 10.4. The van der Waals surface area contributed by atoms with Crippen LogP contribution in [0.4, 0.5) is 0 Å². The largest absolute Gasteiger partial charge is 0.481 e. The van der Waals surface area contributed by atoms with Crippen LogP contribution >= 0.6 is 0 Å². The molecular formula is C18H32O6. The van der Waals surface area contributed by atoms with E-state index in [9.17, 15) is 20.1 Å². The topological polar surface area (TPSA) is 107 Å². The van der Waals surface area contributed by atoms with Crippen molar-refractivity contribution in [1.29, 1.82) is 0 Å². The molecule has 0 aromatic carbocycles. The summed E-state index contributed by atoms with van der Waals surface area (Å²) in [6.07, 6.45) is 6.92. The van der Waals surface area contributed by atoms with Crippen molar-refractivity contribution >= 4 is 5.97 Å². The molecule has 0 bridgehead atoms. The first-order valence-electron chi connectivity index (χ1n) is 9.03. The Labute approximate surface area is 144 Å². The Hall–Kier alpha value is -0.950. The standard InChI is InChI=1S/C18H32O6/c1-2-16-15(21)12-17(24-16)14(20)11-10-13(19)8-6-4-3-5-7-9-18(22)23/h10-11,13-17,19-21H,2-9,12H2,1H3,(H,22,23)/b11-10+/t13-,14-,15+,16+,17+/m1/s1. The number of aliphatic carboxylic acids is 1. The van der Waals surface area contributed by atoms with E-state index in [1.54, 1.807) is 12.2 Å². The van der Waals surface area contributed by atoms with Crippen LogP contribution in [-0.4, -0.2) is 56.9 Å². The fourth-order valence-electron chi connectivity index (χ4n) is 2.97. The van der Waals surface area contributed by atoms with E-state index < -0.39 is 30.4 Å². The lowest BCUT2D eigenvalue weighted by Gasteiger charge is -2.16. The van der Waals surface area contributed by atoms with E-state index >= 15 is 0 Å². The molecule has 6 nitrogen and oxygen atoms in total. The van der Waals surface area contributed by atoms with Gasteiger partial charge in [0.2, 0.25) is 0 Å². The van der Waals surface area contributed by atoms with Gasteiger partial charge in [-0.15, -0.1) is 0 Å². The van der Waals surface area contributed by atoms with E-state index in [2.05, 4.69) is 0 Å². The van der Waals surface area contributed by atoms with Crippen LogP contribution in [-0.2, 0) is 9.53 Å². The number of hydrogen-bond acceptors (Lipinski definition) is 5. The summed E-state index contributed by atoms with van der Waals surface area (Å²) in [5.41, 5.74) is 0. The molecule has 0 unspecified atom stereocenters. The molecular weight excluding hydrogens is 312 g/mol. The van der Waals surface area contributed by atoms with Gasteiger partial charge in [-0.2, -0.15) is 0 Å². The molecule has 0 saturated carbocycles. The third-order valence-electron chi connectivity index (χ3n) is 4.46. The van der Waals surface area contributed by atoms with Gasteiger partial charge in [-0.05, 0) is 19.3 Å².